The fourth-order valence-corrected chi connectivity index (χ4v) is 4.00. The highest BCUT2D eigenvalue weighted by Gasteiger charge is 2.45. The largest absolute Gasteiger partial charge is 0.507 e. The maximum absolute atomic E-state index is 13.0. The van der Waals surface area contributed by atoms with Crippen molar-refractivity contribution in [3.8, 4) is 5.75 Å². The van der Waals surface area contributed by atoms with E-state index in [0.29, 0.717) is 12.2 Å². The molecule has 1 fully saturated rings. The van der Waals surface area contributed by atoms with Crippen LogP contribution in [0.25, 0.3) is 5.76 Å². The molecular formula is C25H28BrNO5. The summed E-state index contributed by atoms with van der Waals surface area (Å²) in [5.41, 5.74) is 2.13. The van der Waals surface area contributed by atoms with Crippen LogP contribution >= 0.6 is 15.9 Å². The Morgan fingerprint density at radius 3 is 2.47 bits per heavy atom. The Kier molecular flexibility index (Phi) is 8.10. The van der Waals surface area contributed by atoms with Gasteiger partial charge in [0, 0.05) is 23.7 Å². The average molecular weight is 502 g/mol. The van der Waals surface area contributed by atoms with Crippen molar-refractivity contribution in [2.75, 3.05) is 26.9 Å². The molecule has 1 N–H and O–H groups in total. The van der Waals surface area contributed by atoms with Crippen LogP contribution in [0.3, 0.4) is 0 Å². The number of amides is 1. The molecular weight excluding hydrogens is 474 g/mol. The third-order valence-electron chi connectivity index (χ3n) is 5.47. The molecule has 3 rings (SSSR count). The lowest BCUT2D eigenvalue weighted by Gasteiger charge is -2.25. The lowest BCUT2D eigenvalue weighted by atomic mass is 9.95. The number of carbonyl (C=O) groups is 2. The summed E-state index contributed by atoms with van der Waals surface area (Å²) in [5, 5.41) is 11.2. The first-order valence-electron chi connectivity index (χ1n) is 10.7. The summed E-state index contributed by atoms with van der Waals surface area (Å²) in [6.07, 6.45) is 2.00. The monoisotopic (exact) mass is 501 g/mol. The first-order valence-corrected chi connectivity index (χ1v) is 11.4. The van der Waals surface area contributed by atoms with Crippen LogP contribution in [0.2, 0.25) is 0 Å². The van der Waals surface area contributed by atoms with Gasteiger partial charge in [-0.05, 0) is 54.8 Å². The maximum atomic E-state index is 13.0. The lowest BCUT2D eigenvalue weighted by molar-refractivity contribution is -0.140. The van der Waals surface area contributed by atoms with E-state index in [1.54, 1.807) is 18.2 Å². The predicted molar refractivity (Wildman–Crippen MR) is 127 cm³/mol. The van der Waals surface area contributed by atoms with E-state index >= 15 is 0 Å². The molecule has 0 spiro atoms. The molecule has 1 atom stereocenters. The highest BCUT2D eigenvalue weighted by atomic mass is 79.9. The summed E-state index contributed by atoms with van der Waals surface area (Å²) >= 11 is 3.41. The topological polar surface area (TPSA) is 76.1 Å². The molecule has 1 heterocycles. The van der Waals surface area contributed by atoms with E-state index in [1.165, 1.54) is 12.0 Å². The Labute approximate surface area is 197 Å². The summed E-state index contributed by atoms with van der Waals surface area (Å²) in [6.45, 7) is 5.13. The van der Waals surface area contributed by atoms with Gasteiger partial charge in [0.15, 0.2) is 0 Å². The number of methoxy groups -OCH3 is 1. The van der Waals surface area contributed by atoms with Gasteiger partial charge in [-0.2, -0.15) is 0 Å². The molecule has 2 aromatic rings. The van der Waals surface area contributed by atoms with Gasteiger partial charge in [-0.15, -0.1) is 0 Å². The zero-order chi connectivity index (χ0) is 23.3. The number of unbranched alkanes of at least 4 members (excludes halogenated alkanes) is 1. The number of benzene rings is 2. The number of ketones is 1. The van der Waals surface area contributed by atoms with Crippen LogP contribution in [0, 0.1) is 6.92 Å². The van der Waals surface area contributed by atoms with Crippen molar-refractivity contribution in [1.29, 1.82) is 0 Å². The second kappa shape index (κ2) is 10.8. The van der Waals surface area contributed by atoms with E-state index in [9.17, 15) is 14.7 Å². The van der Waals surface area contributed by atoms with E-state index in [0.717, 1.165) is 34.2 Å². The number of carbonyl (C=O) groups excluding carboxylic acids is 2. The molecule has 6 nitrogen and oxygen atoms in total. The fraction of sp³-hybridized carbons (Fsp3) is 0.360. The zero-order valence-corrected chi connectivity index (χ0v) is 20.1. The molecule has 0 saturated carbocycles. The zero-order valence-electron chi connectivity index (χ0n) is 18.6. The maximum Gasteiger partial charge on any atom is 0.295 e. The van der Waals surface area contributed by atoms with Crippen LogP contribution < -0.4 is 4.74 Å². The van der Waals surface area contributed by atoms with Gasteiger partial charge in [0.25, 0.3) is 11.7 Å². The number of hydrogen-bond donors (Lipinski definition) is 1. The highest BCUT2D eigenvalue weighted by Crippen LogP contribution is 2.40. The molecule has 7 heteroatoms. The molecule has 32 heavy (non-hydrogen) atoms. The number of rotatable bonds is 9. The van der Waals surface area contributed by atoms with Gasteiger partial charge in [-0.3, -0.25) is 9.59 Å². The summed E-state index contributed by atoms with van der Waals surface area (Å²) < 4.78 is 11.8. The second-order valence-electron chi connectivity index (χ2n) is 7.72. The van der Waals surface area contributed by atoms with Gasteiger partial charge in [0.2, 0.25) is 0 Å². The first-order chi connectivity index (χ1) is 15.4. The van der Waals surface area contributed by atoms with Gasteiger partial charge in [0.1, 0.15) is 11.5 Å². The van der Waals surface area contributed by atoms with E-state index in [2.05, 4.69) is 22.9 Å². The number of halogens is 1. The number of ether oxygens (including phenoxy) is 2. The Bertz CT molecular complexity index is 1020. The van der Waals surface area contributed by atoms with Gasteiger partial charge in [-0.1, -0.05) is 41.4 Å². The summed E-state index contributed by atoms with van der Waals surface area (Å²) in [4.78, 5) is 27.3. The molecule has 1 amide bonds. The van der Waals surface area contributed by atoms with E-state index in [4.69, 9.17) is 9.47 Å². The minimum absolute atomic E-state index is 0.0764. The quantitative estimate of drug-likeness (QED) is 0.226. The van der Waals surface area contributed by atoms with Crippen molar-refractivity contribution in [3.63, 3.8) is 0 Å². The Balaban J connectivity index is 2.04. The number of hydrogen-bond acceptors (Lipinski definition) is 5. The van der Waals surface area contributed by atoms with Crippen molar-refractivity contribution in [1.82, 2.24) is 4.90 Å². The van der Waals surface area contributed by atoms with Gasteiger partial charge in [-0.25, -0.2) is 0 Å². The molecule has 0 radical (unpaired) electrons. The van der Waals surface area contributed by atoms with Crippen LogP contribution in [0.5, 0.6) is 5.75 Å². The Morgan fingerprint density at radius 2 is 1.84 bits per heavy atom. The highest BCUT2D eigenvalue weighted by molar-refractivity contribution is 9.10. The van der Waals surface area contributed by atoms with Crippen molar-refractivity contribution in [2.24, 2.45) is 0 Å². The molecule has 1 aliphatic heterocycles. The number of Topliss-reactive ketones (excluding diaryl/α,β-unsaturated/α-hetero) is 1. The first kappa shape index (κ1) is 24.0. The van der Waals surface area contributed by atoms with Crippen molar-refractivity contribution >= 4 is 33.4 Å². The SMILES string of the molecule is CCCCOc1ccc(C(O)=C2C(=O)C(=O)N(CCOC)C2c2ccc(Br)cc2)cc1C. The third-order valence-corrected chi connectivity index (χ3v) is 5.99. The Hall–Kier alpha value is -2.64. The number of aliphatic hydroxyl groups excluding tert-OH is 1. The van der Waals surface area contributed by atoms with Gasteiger partial charge < -0.3 is 19.5 Å². The normalized spacial score (nSPS) is 17.8. The number of aliphatic hydroxyl groups is 1. The van der Waals surface area contributed by atoms with Gasteiger partial charge >= 0.3 is 0 Å². The van der Waals surface area contributed by atoms with E-state index < -0.39 is 17.7 Å². The lowest BCUT2D eigenvalue weighted by Crippen LogP contribution is -2.32. The average Bonchev–Trinajstić information content (AvgIpc) is 3.03. The number of aryl methyl sites for hydroxylation is 1. The molecule has 170 valence electrons. The Morgan fingerprint density at radius 1 is 1.12 bits per heavy atom. The molecule has 2 aromatic carbocycles. The fourth-order valence-electron chi connectivity index (χ4n) is 3.73. The minimum Gasteiger partial charge on any atom is -0.507 e. The minimum atomic E-state index is -0.701. The third kappa shape index (κ3) is 5.05. The van der Waals surface area contributed by atoms with Crippen LogP contribution in [-0.2, 0) is 14.3 Å². The van der Waals surface area contributed by atoms with E-state index in [1.807, 2.05) is 31.2 Å². The van der Waals surface area contributed by atoms with Gasteiger partial charge in [0.05, 0.1) is 24.8 Å². The number of nitrogens with zero attached hydrogens (tertiary/aromatic N) is 1. The van der Waals surface area contributed by atoms with Crippen molar-refractivity contribution in [2.45, 2.75) is 32.7 Å². The molecule has 0 bridgehead atoms. The van der Waals surface area contributed by atoms with Crippen LogP contribution in [0.1, 0.15) is 42.5 Å². The standard InChI is InChI=1S/C25H28BrNO5/c1-4-5-13-32-20-11-8-18(15-16(20)2)23(28)21-22(17-6-9-19(26)10-7-17)27(12-14-31-3)25(30)24(21)29/h6-11,15,22,28H,4-5,12-14H2,1-3H3. The smallest absolute Gasteiger partial charge is 0.295 e. The molecule has 1 aliphatic rings. The summed E-state index contributed by atoms with van der Waals surface area (Å²) in [6, 6.07) is 11.9. The number of likely N-dealkylation sites (tertiary alicyclic amines) is 1. The van der Waals surface area contributed by atoms with Crippen molar-refractivity contribution in [3.05, 3.63) is 69.2 Å². The van der Waals surface area contributed by atoms with Crippen LogP contribution in [0.15, 0.2) is 52.5 Å². The van der Waals surface area contributed by atoms with E-state index in [-0.39, 0.29) is 24.5 Å². The molecule has 1 saturated heterocycles. The summed E-state index contributed by atoms with van der Waals surface area (Å²) in [7, 11) is 1.54. The molecule has 1 unspecified atom stereocenters. The summed E-state index contributed by atoms with van der Waals surface area (Å²) in [5.74, 6) is -0.806. The van der Waals surface area contributed by atoms with Crippen LogP contribution in [0.4, 0.5) is 0 Å². The molecule has 0 aromatic heterocycles. The van der Waals surface area contributed by atoms with Crippen molar-refractivity contribution < 1.29 is 24.2 Å². The molecule has 0 aliphatic carbocycles. The van der Waals surface area contributed by atoms with Crippen LogP contribution in [-0.4, -0.2) is 48.6 Å². The predicted octanol–water partition coefficient (Wildman–Crippen LogP) is 5.00. The second-order valence-corrected chi connectivity index (χ2v) is 8.63.